The van der Waals surface area contributed by atoms with Crippen molar-refractivity contribution >= 4 is 123 Å². The Morgan fingerprint density at radius 2 is 0.611 bits per heavy atom. The first-order valence-electron chi connectivity index (χ1n) is 32.6. The van der Waals surface area contributed by atoms with Crippen molar-refractivity contribution in [2.24, 2.45) is 0 Å². The zero-order valence-electron chi connectivity index (χ0n) is 52.0. The Labute approximate surface area is 553 Å². The zero-order valence-corrected chi connectivity index (χ0v) is 54.0. The molecule has 14 aromatic carbocycles. The summed E-state index contributed by atoms with van der Waals surface area (Å²) in [6, 6.07) is 137. The monoisotopic (exact) mass is 1240 g/mol. The molecule has 0 aliphatic carbocycles. The van der Waals surface area contributed by atoms with Crippen molar-refractivity contribution in [1.29, 1.82) is 0 Å². The molecule has 7 heteroatoms. The molecule has 0 aliphatic rings. The van der Waals surface area contributed by atoms with Crippen LogP contribution in [0.25, 0.3) is 105 Å². The lowest BCUT2D eigenvalue weighted by Gasteiger charge is -2.34. The molecule has 0 aliphatic heterocycles. The predicted octanol–water partition coefficient (Wildman–Crippen LogP) is 15.9. The number of nitrogens with zero attached hydrogens (tertiary/aromatic N) is 5. The van der Waals surface area contributed by atoms with Crippen LogP contribution in [0, 0.1) is 0 Å². The molecular formula is C88H61N5Si2. The third kappa shape index (κ3) is 8.89. The molecule has 0 radical (unpaired) electrons. The molecule has 0 saturated carbocycles. The minimum atomic E-state index is -2.99. The largest absolute Gasteiger partial charge is 0.309 e. The maximum Gasteiger partial charge on any atom is 0.237 e. The first-order chi connectivity index (χ1) is 47.1. The molecule has 0 saturated heterocycles. The van der Waals surface area contributed by atoms with Gasteiger partial charge in [0.2, 0.25) is 5.95 Å². The summed E-state index contributed by atoms with van der Waals surface area (Å²) in [6.45, 7) is 0. The lowest BCUT2D eigenvalue weighted by Crippen LogP contribution is -2.74. The van der Waals surface area contributed by atoms with Gasteiger partial charge in [-0.3, -0.25) is 9.13 Å². The van der Waals surface area contributed by atoms with Crippen LogP contribution in [0.4, 0.5) is 0 Å². The van der Waals surface area contributed by atoms with Gasteiger partial charge < -0.3 is 4.57 Å². The van der Waals surface area contributed by atoms with Gasteiger partial charge in [0.1, 0.15) is 5.82 Å². The fourth-order valence-electron chi connectivity index (χ4n) is 15.7. The van der Waals surface area contributed by atoms with Crippen molar-refractivity contribution in [1.82, 2.24) is 23.7 Å². The van der Waals surface area contributed by atoms with E-state index in [1.54, 1.807) is 0 Å². The van der Waals surface area contributed by atoms with E-state index in [1.165, 1.54) is 52.6 Å². The molecule has 0 spiro atoms. The van der Waals surface area contributed by atoms with Gasteiger partial charge in [-0.15, -0.1) is 0 Å². The summed E-state index contributed by atoms with van der Waals surface area (Å²) >= 11 is 0. The van der Waals surface area contributed by atoms with Gasteiger partial charge >= 0.3 is 0 Å². The Balaban J connectivity index is 0.884. The molecule has 0 fully saturated rings. The minimum absolute atomic E-state index is 0.592. The second-order valence-corrected chi connectivity index (χ2v) is 32.4. The van der Waals surface area contributed by atoms with Gasteiger partial charge in [0.05, 0.1) is 38.8 Å². The van der Waals surface area contributed by atoms with Gasteiger partial charge in [-0.1, -0.05) is 322 Å². The highest BCUT2D eigenvalue weighted by molar-refractivity contribution is 7.20. The normalized spacial score (nSPS) is 12.0. The first kappa shape index (κ1) is 55.8. The number of benzene rings is 14. The molecule has 4 aromatic heterocycles. The van der Waals surface area contributed by atoms with Crippen LogP contribution >= 0.6 is 0 Å². The average molecular weight is 1240 g/mol. The Kier molecular flexibility index (Phi) is 13.5. The summed E-state index contributed by atoms with van der Waals surface area (Å²) in [5.41, 5.74) is 11.8. The van der Waals surface area contributed by atoms with Crippen LogP contribution in [0.2, 0.25) is 0 Å². The summed E-state index contributed by atoms with van der Waals surface area (Å²) in [6.07, 6.45) is 0. The van der Waals surface area contributed by atoms with Gasteiger partial charge in [-0.25, -0.2) is 4.98 Å². The number of hydrogen-bond donors (Lipinski definition) is 0. The number of hydrogen-bond acceptors (Lipinski definition) is 2. The smallest absolute Gasteiger partial charge is 0.237 e. The molecule has 18 rings (SSSR count). The van der Waals surface area contributed by atoms with Crippen LogP contribution in [0.3, 0.4) is 0 Å². The first-order valence-corrected chi connectivity index (χ1v) is 36.6. The van der Waals surface area contributed by atoms with Gasteiger partial charge in [0.25, 0.3) is 0 Å². The quantitative estimate of drug-likeness (QED) is 0.0853. The lowest BCUT2D eigenvalue weighted by atomic mass is 10.1. The molecule has 0 N–H and O–H groups in total. The summed E-state index contributed by atoms with van der Waals surface area (Å²) in [5, 5.41) is 17.4. The number of para-hydroxylation sites is 4. The van der Waals surface area contributed by atoms with Crippen LogP contribution in [-0.2, 0) is 0 Å². The van der Waals surface area contributed by atoms with Crippen molar-refractivity contribution in [3.05, 3.63) is 370 Å². The van der Waals surface area contributed by atoms with Crippen molar-refractivity contribution in [2.75, 3.05) is 0 Å². The van der Waals surface area contributed by atoms with E-state index in [4.69, 9.17) is 9.97 Å². The van der Waals surface area contributed by atoms with Crippen LogP contribution in [-0.4, -0.2) is 39.8 Å². The lowest BCUT2D eigenvalue weighted by molar-refractivity contribution is 0.953. The van der Waals surface area contributed by atoms with E-state index >= 15 is 0 Å². The molecule has 0 unspecified atom stereocenters. The summed E-state index contributed by atoms with van der Waals surface area (Å²) in [4.78, 5) is 11.6. The second kappa shape index (κ2) is 23.0. The van der Waals surface area contributed by atoms with Crippen molar-refractivity contribution in [3.63, 3.8) is 0 Å². The third-order valence-corrected chi connectivity index (χ3v) is 29.3. The Hall–Kier alpha value is -12.0. The van der Waals surface area contributed by atoms with Crippen molar-refractivity contribution in [3.8, 4) is 39.8 Å². The van der Waals surface area contributed by atoms with E-state index in [0.29, 0.717) is 5.95 Å². The number of aromatic nitrogens is 5. The standard InChI is InChI=1S/C88H61N5Si2/c1-7-29-62(30-8-1)64-31-27-43-72(59-64)95(69-39-15-5-16-40-69,70-41-17-6-18-42-70)71-55-53-63(54-56-71)79-61-85(90-88(89-79)92-80-49-23-19-45-74(80)75-46-20-24-50-81(75)92)93-82-51-25-21-47-76(82)77-57-58-84-86(87(77)93)78-48-22-26-52-83(78)91(84)65-32-28-44-73(60-65)94(66-33-9-2-10-34-66,67-35-11-3-12-36-67)68-37-13-4-14-38-68/h1-61H. The summed E-state index contributed by atoms with van der Waals surface area (Å²) in [7, 11) is -5.89. The summed E-state index contributed by atoms with van der Waals surface area (Å²) in [5.74, 6) is 1.36. The second-order valence-electron chi connectivity index (χ2n) is 24.7. The number of rotatable bonds is 13. The molecule has 0 amide bonds. The van der Waals surface area contributed by atoms with Crippen molar-refractivity contribution in [2.45, 2.75) is 0 Å². The van der Waals surface area contributed by atoms with E-state index in [-0.39, 0.29) is 0 Å². The minimum Gasteiger partial charge on any atom is -0.309 e. The molecule has 0 atom stereocenters. The molecule has 5 nitrogen and oxygen atoms in total. The molecule has 446 valence electrons. The zero-order chi connectivity index (χ0) is 62.9. The van der Waals surface area contributed by atoms with Gasteiger partial charge in [0, 0.05) is 49.6 Å². The van der Waals surface area contributed by atoms with E-state index in [1.807, 2.05) is 0 Å². The van der Waals surface area contributed by atoms with Crippen LogP contribution in [0.5, 0.6) is 0 Å². The van der Waals surface area contributed by atoms with E-state index < -0.39 is 16.1 Å². The van der Waals surface area contributed by atoms with E-state index in [9.17, 15) is 0 Å². The maximum atomic E-state index is 5.85. The van der Waals surface area contributed by atoms with Crippen LogP contribution < -0.4 is 41.5 Å². The molecule has 18 aromatic rings. The highest BCUT2D eigenvalue weighted by Crippen LogP contribution is 2.43. The molecular weight excluding hydrogens is 1180 g/mol. The summed E-state index contributed by atoms with van der Waals surface area (Å²) < 4.78 is 7.19. The van der Waals surface area contributed by atoms with Gasteiger partial charge in [0.15, 0.2) is 16.1 Å². The van der Waals surface area contributed by atoms with Gasteiger partial charge in [-0.05, 0) is 95.1 Å². The highest BCUT2D eigenvalue weighted by atomic mass is 28.3. The van der Waals surface area contributed by atoms with Crippen LogP contribution in [0.15, 0.2) is 370 Å². The number of fused-ring (bicyclic) bond motifs is 10. The van der Waals surface area contributed by atoms with Gasteiger partial charge in [-0.2, -0.15) is 4.98 Å². The average Bonchev–Trinajstić information content (AvgIpc) is 1.67. The Morgan fingerprint density at radius 3 is 1.13 bits per heavy atom. The molecule has 95 heavy (non-hydrogen) atoms. The predicted molar refractivity (Wildman–Crippen MR) is 403 cm³/mol. The highest BCUT2D eigenvalue weighted by Gasteiger charge is 2.43. The third-order valence-electron chi connectivity index (χ3n) is 19.8. The topological polar surface area (TPSA) is 40.6 Å². The Morgan fingerprint density at radius 1 is 0.221 bits per heavy atom. The molecule has 0 bridgehead atoms. The van der Waals surface area contributed by atoms with Crippen LogP contribution in [0.1, 0.15) is 0 Å². The molecule has 4 heterocycles. The van der Waals surface area contributed by atoms with E-state index in [2.05, 4.69) is 384 Å². The van der Waals surface area contributed by atoms with E-state index in [0.717, 1.165) is 88.2 Å². The Bertz CT molecular complexity index is 5700. The fraction of sp³-hybridized carbons (Fsp3) is 0. The SMILES string of the molecule is c1ccc(-c2cccc([Si](c3ccccc3)(c3ccccc3)c3ccc(-c4cc(-n5c6ccccc6c6ccc7c(c8ccccc8n7-c7cccc([Si](c8ccccc8)(c8ccccc8)c8ccccc8)c7)c65)nc(-n5c6ccccc6c6ccccc65)n4)cc3)c2)cc1. The van der Waals surface area contributed by atoms with Crippen molar-refractivity contribution < 1.29 is 0 Å². The fourth-order valence-corrected chi connectivity index (χ4v) is 25.3. The maximum absolute atomic E-state index is 5.85.